The van der Waals surface area contributed by atoms with Crippen LogP contribution in [0.4, 0.5) is 15.8 Å². The first kappa shape index (κ1) is 21.3. The third kappa shape index (κ3) is 5.47. The summed E-state index contributed by atoms with van der Waals surface area (Å²) >= 11 is 0. The van der Waals surface area contributed by atoms with Crippen molar-refractivity contribution in [2.45, 2.75) is 26.8 Å². The minimum atomic E-state index is -0.568. The molecule has 7 nitrogen and oxygen atoms in total. The Hall–Kier alpha value is -2.03. The first-order valence-electron chi connectivity index (χ1n) is 9.30. The average molecular weight is 380 g/mol. The maximum absolute atomic E-state index is 14.5. The lowest BCUT2D eigenvalue weighted by atomic mass is 10.1. The zero-order valence-corrected chi connectivity index (χ0v) is 16.2. The topological polar surface area (TPSA) is 87.9 Å². The molecule has 1 aromatic carbocycles. The van der Waals surface area contributed by atoms with Gasteiger partial charge in [-0.15, -0.1) is 0 Å². The van der Waals surface area contributed by atoms with E-state index in [9.17, 15) is 14.0 Å². The number of benzene rings is 1. The van der Waals surface area contributed by atoms with Crippen molar-refractivity contribution in [3.8, 4) is 0 Å². The lowest BCUT2D eigenvalue weighted by Gasteiger charge is -2.30. The summed E-state index contributed by atoms with van der Waals surface area (Å²) in [7, 11) is 0. The molecule has 150 valence electrons. The van der Waals surface area contributed by atoms with Crippen molar-refractivity contribution in [2.24, 2.45) is 11.7 Å². The number of amides is 2. The predicted octanol–water partition coefficient (Wildman–Crippen LogP) is 1.43. The summed E-state index contributed by atoms with van der Waals surface area (Å²) in [5.74, 6) is -0.724. The van der Waals surface area contributed by atoms with Gasteiger partial charge in [-0.2, -0.15) is 0 Å². The number of nitrogens with zero attached hydrogens (tertiary/aromatic N) is 2. The summed E-state index contributed by atoms with van der Waals surface area (Å²) in [5.41, 5.74) is 6.33. The number of rotatable bonds is 8. The number of nitrogens with two attached hydrogens (primary N) is 1. The minimum Gasteiger partial charge on any atom is -0.370 e. The fourth-order valence-electron chi connectivity index (χ4n) is 3.17. The Kier molecular flexibility index (Phi) is 7.70. The number of carbonyl (C=O) groups excluding carboxylic acids is 2. The Morgan fingerprint density at radius 2 is 2.19 bits per heavy atom. The molecular formula is C19H29FN4O3. The zero-order valence-electron chi connectivity index (χ0n) is 16.2. The van der Waals surface area contributed by atoms with E-state index in [2.05, 4.69) is 19.2 Å². The van der Waals surface area contributed by atoms with Gasteiger partial charge in [-0.25, -0.2) is 4.39 Å². The quantitative estimate of drug-likeness (QED) is 0.712. The summed E-state index contributed by atoms with van der Waals surface area (Å²) in [5, 5.41) is 2.73. The number of hydrogen-bond donors (Lipinski definition) is 2. The number of ether oxygens (including phenoxy) is 1. The van der Waals surface area contributed by atoms with Crippen LogP contribution in [0.3, 0.4) is 0 Å². The molecule has 0 aliphatic carbocycles. The molecule has 0 radical (unpaired) electrons. The Morgan fingerprint density at radius 1 is 1.44 bits per heavy atom. The third-order valence-corrected chi connectivity index (χ3v) is 4.46. The lowest BCUT2D eigenvalue weighted by Crippen LogP contribution is -2.49. The monoisotopic (exact) mass is 380 g/mol. The molecule has 1 aromatic rings. The third-order valence-electron chi connectivity index (χ3n) is 4.46. The molecule has 1 aliphatic rings. The molecule has 1 fully saturated rings. The van der Waals surface area contributed by atoms with Crippen molar-refractivity contribution in [1.82, 2.24) is 4.90 Å². The van der Waals surface area contributed by atoms with Crippen LogP contribution in [-0.4, -0.2) is 62.1 Å². The van der Waals surface area contributed by atoms with E-state index in [1.54, 1.807) is 6.07 Å². The normalized spacial score (nSPS) is 16.1. The second-order valence-corrected chi connectivity index (χ2v) is 6.99. The smallest absolute Gasteiger partial charge is 0.253 e. The van der Waals surface area contributed by atoms with E-state index in [1.165, 1.54) is 17.0 Å². The first-order valence-corrected chi connectivity index (χ1v) is 9.30. The van der Waals surface area contributed by atoms with Gasteiger partial charge in [0.15, 0.2) is 0 Å². The molecule has 8 heteroatoms. The molecule has 0 bridgehead atoms. The van der Waals surface area contributed by atoms with Crippen LogP contribution in [0, 0.1) is 11.7 Å². The summed E-state index contributed by atoms with van der Waals surface area (Å²) in [6.07, 6.45) is 0. The largest absolute Gasteiger partial charge is 0.370 e. The molecule has 0 aromatic heterocycles. The van der Waals surface area contributed by atoms with Crippen molar-refractivity contribution in [3.63, 3.8) is 0 Å². The van der Waals surface area contributed by atoms with Crippen LogP contribution in [0.5, 0.6) is 0 Å². The van der Waals surface area contributed by atoms with E-state index >= 15 is 0 Å². The number of halogens is 1. The van der Waals surface area contributed by atoms with Crippen molar-refractivity contribution in [3.05, 3.63) is 24.0 Å². The SMILES string of the molecule is CCN(CC(C)C)[C@H](CN)C(=O)Nc1ccc(N2CCOCC2=O)c(F)c1. The Bertz CT molecular complexity index is 668. The van der Waals surface area contributed by atoms with Crippen molar-refractivity contribution < 1.29 is 18.7 Å². The van der Waals surface area contributed by atoms with Crippen LogP contribution in [0.1, 0.15) is 20.8 Å². The molecule has 0 spiro atoms. The van der Waals surface area contributed by atoms with Gasteiger partial charge in [0.1, 0.15) is 18.5 Å². The number of morpholine rings is 1. The Morgan fingerprint density at radius 3 is 2.74 bits per heavy atom. The van der Waals surface area contributed by atoms with Crippen molar-refractivity contribution in [2.75, 3.05) is 49.6 Å². The first-order chi connectivity index (χ1) is 12.9. The predicted molar refractivity (Wildman–Crippen MR) is 103 cm³/mol. The van der Waals surface area contributed by atoms with E-state index in [1.807, 2.05) is 11.8 Å². The summed E-state index contributed by atoms with van der Waals surface area (Å²) in [6, 6.07) is 3.83. The van der Waals surface area contributed by atoms with E-state index in [-0.39, 0.29) is 30.7 Å². The van der Waals surface area contributed by atoms with Crippen LogP contribution < -0.4 is 16.0 Å². The highest BCUT2D eigenvalue weighted by Gasteiger charge is 2.26. The molecule has 27 heavy (non-hydrogen) atoms. The number of carbonyl (C=O) groups is 2. The van der Waals surface area contributed by atoms with Gasteiger partial charge < -0.3 is 20.7 Å². The highest BCUT2D eigenvalue weighted by Crippen LogP contribution is 2.24. The summed E-state index contributed by atoms with van der Waals surface area (Å²) in [4.78, 5) is 27.9. The molecular weight excluding hydrogens is 351 g/mol. The second-order valence-electron chi connectivity index (χ2n) is 6.99. The molecule has 1 aliphatic heterocycles. The van der Waals surface area contributed by atoms with Gasteiger partial charge in [0.25, 0.3) is 5.91 Å². The van der Waals surface area contributed by atoms with Crippen LogP contribution in [0.15, 0.2) is 18.2 Å². The molecule has 1 heterocycles. The Balaban J connectivity index is 2.10. The zero-order chi connectivity index (χ0) is 20.0. The standard InChI is InChI=1S/C19H29FN4O3/c1-4-23(11-13(2)3)17(10-21)19(26)22-14-5-6-16(15(20)9-14)24-7-8-27-12-18(24)25/h5-6,9,13,17H,4,7-8,10-12,21H2,1-3H3,(H,22,26)/t17-/m1/s1. The van der Waals surface area contributed by atoms with E-state index in [0.29, 0.717) is 31.3 Å². The maximum atomic E-state index is 14.5. The minimum absolute atomic E-state index is 0.0567. The number of likely N-dealkylation sites (N-methyl/N-ethyl adjacent to an activating group) is 1. The lowest BCUT2D eigenvalue weighted by molar-refractivity contribution is -0.125. The van der Waals surface area contributed by atoms with Gasteiger partial charge in [-0.05, 0) is 30.7 Å². The van der Waals surface area contributed by atoms with Crippen LogP contribution in [-0.2, 0) is 14.3 Å². The number of anilines is 2. The van der Waals surface area contributed by atoms with Gasteiger partial charge in [0.2, 0.25) is 5.91 Å². The molecule has 1 atom stereocenters. The fraction of sp³-hybridized carbons (Fsp3) is 0.579. The van der Waals surface area contributed by atoms with Gasteiger partial charge in [-0.1, -0.05) is 20.8 Å². The van der Waals surface area contributed by atoms with Crippen molar-refractivity contribution >= 4 is 23.2 Å². The highest BCUT2D eigenvalue weighted by molar-refractivity contribution is 5.97. The molecule has 2 rings (SSSR count). The second kappa shape index (κ2) is 9.77. The van der Waals surface area contributed by atoms with E-state index in [4.69, 9.17) is 10.5 Å². The Labute approximate surface area is 159 Å². The maximum Gasteiger partial charge on any atom is 0.253 e. The van der Waals surface area contributed by atoms with Gasteiger partial charge >= 0.3 is 0 Å². The highest BCUT2D eigenvalue weighted by atomic mass is 19.1. The van der Waals surface area contributed by atoms with Crippen LogP contribution >= 0.6 is 0 Å². The fourth-order valence-corrected chi connectivity index (χ4v) is 3.17. The number of hydrogen-bond acceptors (Lipinski definition) is 5. The van der Waals surface area contributed by atoms with Crippen LogP contribution in [0.25, 0.3) is 0 Å². The number of nitrogens with one attached hydrogen (secondary N) is 1. The summed E-state index contributed by atoms with van der Waals surface area (Å²) < 4.78 is 19.6. The molecule has 0 saturated carbocycles. The van der Waals surface area contributed by atoms with Gasteiger partial charge in [0, 0.05) is 25.3 Å². The van der Waals surface area contributed by atoms with Gasteiger partial charge in [-0.3, -0.25) is 14.5 Å². The molecule has 0 unspecified atom stereocenters. The van der Waals surface area contributed by atoms with Crippen LogP contribution in [0.2, 0.25) is 0 Å². The molecule has 2 amide bonds. The van der Waals surface area contributed by atoms with E-state index < -0.39 is 11.9 Å². The van der Waals surface area contributed by atoms with Crippen molar-refractivity contribution in [1.29, 1.82) is 0 Å². The van der Waals surface area contributed by atoms with E-state index in [0.717, 1.165) is 6.54 Å². The molecule has 3 N–H and O–H groups in total. The average Bonchev–Trinajstić information content (AvgIpc) is 2.62. The van der Waals surface area contributed by atoms with Gasteiger partial charge in [0.05, 0.1) is 12.3 Å². The summed E-state index contributed by atoms with van der Waals surface area (Å²) in [6.45, 7) is 8.37. The molecule has 1 saturated heterocycles.